The second kappa shape index (κ2) is 14.8. The van der Waals surface area contributed by atoms with Crippen LogP contribution >= 0.6 is 0 Å². The van der Waals surface area contributed by atoms with Crippen molar-refractivity contribution in [1.29, 1.82) is 0 Å². The number of carboxylic acid groups (broad SMARTS) is 1. The second-order valence-corrected chi connectivity index (χ2v) is 16.6. The zero-order chi connectivity index (χ0) is 43.5. The van der Waals surface area contributed by atoms with Gasteiger partial charge in [0.1, 0.15) is 17.5 Å². The quantitative estimate of drug-likeness (QED) is 0.104. The van der Waals surface area contributed by atoms with Crippen molar-refractivity contribution < 1.29 is 38.8 Å². The van der Waals surface area contributed by atoms with E-state index in [9.17, 15) is 39.7 Å². The largest absolute Gasteiger partial charge is 0.480 e. The number of ether oxygens (including phenoxy) is 2. The maximum Gasteiger partial charge on any atom is 0.328 e. The van der Waals surface area contributed by atoms with Crippen LogP contribution in [0.4, 0.5) is 22.7 Å². The van der Waals surface area contributed by atoms with Crippen LogP contribution in [0.1, 0.15) is 62.8 Å². The molecule has 3 N–H and O–H groups in total. The second-order valence-electron chi connectivity index (χ2n) is 16.6. The number of non-ortho nitro benzene ring substituents is 2. The molecule has 314 valence electrons. The summed E-state index contributed by atoms with van der Waals surface area (Å²) in [6, 6.07) is 22.8. The molecule has 4 aromatic carbocycles. The third-order valence-electron chi connectivity index (χ3n) is 12.5. The third-order valence-corrected chi connectivity index (χ3v) is 12.5. The van der Waals surface area contributed by atoms with Gasteiger partial charge in [-0.05, 0) is 87.4 Å². The van der Waals surface area contributed by atoms with Crippen LogP contribution < -0.4 is 29.9 Å². The maximum absolute atomic E-state index is 13.5. The molecule has 4 aliphatic rings. The first kappa shape index (κ1) is 40.5. The molecule has 4 aliphatic heterocycles. The van der Waals surface area contributed by atoms with E-state index in [1.54, 1.807) is 24.3 Å². The molecule has 0 saturated carbocycles. The Balaban J connectivity index is 0.933. The van der Waals surface area contributed by atoms with Crippen LogP contribution in [0.25, 0.3) is 12.2 Å². The van der Waals surface area contributed by atoms with Gasteiger partial charge in [-0.3, -0.25) is 29.8 Å². The predicted octanol–water partition coefficient (Wildman–Crippen LogP) is 6.47. The summed E-state index contributed by atoms with van der Waals surface area (Å²) < 4.78 is 13.4. The van der Waals surface area contributed by atoms with Gasteiger partial charge in [0.15, 0.2) is 0 Å². The number of fused-ring (bicyclic) bond motifs is 4. The number of amides is 2. The van der Waals surface area contributed by atoms with Gasteiger partial charge in [0.05, 0.1) is 20.7 Å². The number of carbonyl (C=O) groups excluding carboxylic acids is 2. The van der Waals surface area contributed by atoms with Gasteiger partial charge in [-0.2, -0.15) is 0 Å². The molecule has 2 amide bonds. The van der Waals surface area contributed by atoms with Crippen molar-refractivity contribution in [1.82, 2.24) is 10.6 Å². The average molecular weight is 829 g/mol. The summed E-state index contributed by atoms with van der Waals surface area (Å²) in [7, 11) is 0. The number of nitrogens with zero attached hydrogens (tertiary/aromatic N) is 4. The van der Waals surface area contributed by atoms with Gasteiger partial charge in [0.2, 0.25) is 23.3 Å². The molecule has 16 nitrogen and oxygen atoms in total. The van der Waals surface area contributed by atoms with Crippen LogP contribution in [0.15, 0.2) is 97.1 Å². The summed E-state index contributed by atoms with van der Waals surface area (Å²) in [6.45, 7) is 8.04. The van der Waals surface area contributed by atoms with Gasteiger partial charge < -0.3 is 35.0 Å². The summed E-state index contributed by atoms with van der Waals surface area (Å²) in [5, 5.41) is 38.2. The Bertz CT molecular complexity index is 2570. The lowest BCUT2D eigenvalue weighted by Crippen LogP contribution is -2.60. The fourth-order valence-electron chi connectivity index (χ4n) is 9.18. The summed E-state index contributed by atoms with van der Waals surface area (Å²) in [5.41, 5.74) is 1.09. The fourth-order valence-corrected chi connectivity index (χ4v) is 9.18. The molecule has 0 saturated heterocycles. The minimum Gasteiger partial charge on any atom is -0.480 e. The highest BCUT2D eigenvalue weighted by Gasteiger charge is 2.60. The van der Waals surface area contributed by atoms with E-state index in [0.29, 0.717) is 22.6 Å². The van der Waals surface area contributed by atoms with E-state index in [0.717, 1.165) is 22.5 Å². The molecule has 0 radical (unpaired) electrons. The molecular formula is C45H44N6O10. The van der Waals surface area contributed by atoms with E-state index in [2.05, 4.69) is 10.6 Å². The lowest BCUT2D eigenvalue weighted by molar-refractivity contribution is -0.385. The van der Waals surface area contributed by atoms with Crippen molar-refractivity contribution >= 4 is 52.7 Å². The van der Waals surface area contributed by atoms with Gasteiger partial charge >= 0.3 is 5.97 Å². The third kappa shape index (κ3) is 6.58. The minimum absolute atomic E-state index is 0.0486. The molecule has 3 unspecified atom stereocenters. The number of nitrogens with one attached hydrogen (secondary N) is 2. The first-order valence-corrected chi connectivity index (χ1v) is 19.9. The van der Waals surface area contributed by atoms with Crippen molar-refractivity contribution in [3.05, 3.63) is 140 Å². The first-order valence-electron chi connectivity index (χ1n) is 19.9. The SMILES string of the molecule is CC1(C)c2ccccc2N(CCC(=O)NCC(NC(=O)CCN2c3ccccc3C(C)(C)C23C=Cc2cc([N+](=O)[O-])ccc2O3)C(=O)O)C12C=Cc1cc([N+](=O)[O-])ccc1O2. The van der Waals surface area contributed by atoms with Crippen molar-refractivity contribution in [3.8, 4) is 11.5 Å². The molecule has 4 aromatic rings. The summed E-state index contributed by atoms with van der Waals surface area (Å²) >= 11 is 0. The van der Waals surface area contributed by atoms with Gasteiger partial charge in [-0.25, -0.2) is 4.79 Å². The fraction of sp³-hybridized carbons (Fsp3) is 0.311. The number of benzene rings is 4. The van der Waals surface area contributed by atoms with Gasteiger partial charge in [0, 0.05) is 79.2 Å². The van der Waals surface area contributed by atoms with E-state index < -0.39 is 56.0 Å². The number of hydrogen-bond acceptors (Lipinski definition) is 11. The molecule has 0 aliphatic carbocycles. The van der Waals surface area contributed by atoms with Crippen LogP contribution in [0, 0.1) is 20.2 Å². The zero-order valence-corrected chi connectivity index (χ0v) is 33.9. The Morgan fingerprint density at radius 1 is 0.689 bits per heavy atom. The highest BCUT2D eigenvalue weighted by atomic mass is 16.6. The molecule has 0 aromatic heterocycles. The molecule has 3 atom stereocenters. The Hall–Kier alpha value is -7.23. The van der Waals surface area contributed by atoms with E-state index in [-0.39, 0.29) is 43.9 Å². The van der Waals surface area contributed by atoms with E-state index in [1.165, 1.54) is 24.3 Å². The maximum atomic E-state index is 13.5. The normalized spacial score (nSPS) is 21.0. The average Bonchev–Trinajstić information content (AvgIpc) is 3.52. The van der Waals surface area contributed by atoms with Crippen LogP contribution in [-0.4, -0.2) is 69.9 Å². The summed E-state index contributed by atoms with van der Waals surface area (Å²) in [4.78, 5) is 65.2. The number of carboxylic acids is 1. The Labute approximate surface area is 350 Å². The highest BCUT2D eigenvalue weighted by molar-refractivity contribution is 5.86. The van der Waals surface area contributed by atoms with E-state index in [4.69, 9.17) is 9.47 Å². The Morgan fingerprint density at radius 3 is 1.57 bits per heavy atom. The topological polar surface area (TPSA) is 207 Å². The van der Waals surface area contributed by atoms with Crippen molar-refractivity contribution in [2.45, 2.75) is 68.9 Å². The molecule has 61 heavy (non-hydrogen) atoms. The molecule has 8 rings (SSSR count). The first-order chi connectivity index (χ1) is 29.0. The van der Waals surface area contributed by atoms with Gasteiger partial charge in [-0.15, -0.1) is 0 Å². The lowest BCUT2D eigenvalue weighted by Gasteiger charge is -2.47. The smallest absolute Gasteiger partial charge is 0.328 e. The summed E-state index contributed by atoms with van der Waals surface area (Å²) in [6.07, 6.45) is 7.12. The molecule has 2 spiro atoms. The van der Waals surface area contributed by atoms with Gasteiger partial charge in [-0.1, -0.05) is 36.4 Å². The zero-order valence-electron chi connectivity index (χ0n) is 33.9. The molecular weight excluding hydrogens is 785 g/mol. The van der Waals surface area contributed by atoms with Crippen LogP contribution in [-0.2, 0) is 25.2 Å². The predicted molar refractivity (Wildman–Crippen MR) is 226 cm³/mol. The van der Waals surface area contributed by atoms with Crippen LogP contribution in [0.3, 0.4) is 0 Å². The van der Waals surface area contributed by atoms with Gasteiger partial charge in [0.25, 0.3) is 11.4 Å². The molecule has 16 heteroatoms. The van der Waals surface area contributed by atoms with Crippen LogP contribution in [0.5, 0.6) is 11.5 Å². The van der Waals surface area contributed by atoms with Crippen molar-refractivity contribution in [2.75, 3.05) is 29.4 Å². The number of aliphatic carboxylic acids is 1. The van der Waals surface area contributed by atoms with Crippen LogP contribution in [0.2, 0.25) is 0 Å². The molecule has 0 fully saturated rings. The van der Waals surface area contributed by atoms with E-state index >= 15 is 0 Å². The van der Waals surface area contributed by atoms with E-state index in [1.807, 2.05) is 98.2 Å². The van der Waals surface area contributed by atoms with Crippen molar-refractivity contribution in [2.24, 2.45) is 0 Å². The van der Waals surface area contributed by atoms with Crippen molar-refractivity contribution in [3.63, 3.8) is 0 Å². The number of nitro groups is 2. The Morgan fingerprint density at radius 2 is 1.13 bits per heavy atom. The minimum atomic E-state index is -1.43. The highest BCUT2D eigenvalue weighted by Crippen LogP contribution is 2.56. The number of carbonyl (C=O) groups is 3. The number of anilines is 2. The monoisotopic (exact) mass is 828 g/mol. The number of hydrogen-bond donors (Lipinski definition) is 3. The standard InChI is InChI=1S/C45H44N6O10/c1-42(2)32-9-5-7-11-35(32)48(44(42)21-17-28-25-30(50(56)57)13-15-37(28)60-44)23-19-39(52)46-27-34(41(54)55)47-40(53)20-24-49-36-12-8-6-10-33(36)43(3,4)45(49)22-18-29-26-31(51(58)59)14-16-38(29)61-45/h5-18,21-22,25-26,34H,19-20,23-24,27H2,1-4H3,(H,46,52)(H,47,53)(H,54,55). The molecule has 0 bridgehead atoms. The number of rotatable bonds is 12. The Kier molecular flexibility index (Phi) is 9.83. The molecule has 4 heterocycles. The summed E-state index contributed by atoms with van der Waals surface area (Å²) in [5.74, 6) is -1.43. The number of nitro benzene ring substituents is 2. The number of para-hydroxylation sites is 2. The lowest BCUT2D eigenvalue weighted by atomic mass is 9.76.